The number of aliphatic hydroxyl groups excluding tert-OH is 1. The second kappa shape index (κ2) is 5.61. The Hall–Kier alpha value is -0.920. The van der Waals surface area contributed by atoms with Gasteiger partial charge in [-0.1, -0.05) is 0 Å². The van der Waals surface area contributed by atoms with Gasteiger partial charge in [-0.25, -0.2) is 4.68 Å². The van der Waals surface area contributed by atoms with Gasteiger partial charge in [0.1, 0.15) is 10.1 Å². The summed E-state index contributed by atoms with van der Waals surface area (Å²) in [5.41, 5.74) is -0.978. The van der Waals surface area contributed by atoms with Crippen LogP contribution in [-0.2, 0) is 6.54 Å². The number of rotatable bonds is 5. The van der Waals surface area contributed by atoms with Crippen LogP contribution in [0.25, 0.3) is 0 Å². The molecule has 0 aliphatic rings. The molecule has 0 aliphatic carbocycles. The molecule has 1 rings (SSSR count). The molecule has 0 saturated heterocycles. The number of aliphatic hydroxyl groups is 2. The Kier molecular flexibility index (Phi) is 4.67. The van der Waals surface area contributed by atoms with Gasteiger partial charge in [0.25, 0.3) is 5.56 Å². The van der Waals surface area contributed by atoms with Crippen molar-refractivity contribution in [1.82, 2.24) is 9.78 Å². The molecule has 0 bridgehead atoms. The summed E-state index contributed by atoms with van der Waals surface area (Å²) in [6, 6.07) is 0. The zero-order valence-corrected chi connectivity index (χ0v) is 11.4. The van der Waals surface area contributed by atoms with Crippen molar-refractivity contribution in [3.8, 4) is 0 Å². The molecular formula is C10H16BrN3O3. The zero-order valence-electron chi connectivity index (χ0n) is 9.77. The number of hydrogen-bond donors (Lipinski definition) is 3. The Bertz CT molecular complexity index is 445. The van der Waals surface area contributed by atoms with Crippen LogP contribution in [0.15, 0.2) is 15.5 Å². The van der Waals surface area contributed by atoms with Gasteiger partial charge in [-0.3, -0.25) is 4.79 Å². The van der Waals surface area contributed by atoms with Crippen molar-refractivity contribution < 1.29 is 10.2 Å². The zero-order chi connectivity index (χ0) is 13.1. The smallest absolute Gasteiger partial charge is 0.283 e. The quantitative estimate of drug-likeness (QED) is 0.722. The summed E-state index contributed by atoms with van der Waals surface area (Å²) in [6.45, 7) is 3.57. The molecule has 1 aromatic rings. The third kappa shape index (κ3) is 3.52. The van der Waals surface area contributed by atoms with E-state index in [0.29, 0.717) is 16.7 Å². The normalized spacial score (nSPS) is 14.4. The molecule has 17 heavy (non-hydrogen) atoms. The molecule has 7 heteroatoms. The Morgan fingerprint density at radius 1 is 1.65 bits per heavy atom. The fourth-order valence-corrected chi connectivity index (χ4v) is 1.60. The molecule has 6 nitrogen and oxygen atoms in total. The molecule has 1 atom stereocenters. The van der Waals surface area contributed by atoms with Gasteiger partial charge < -0.3 is 15.5 Å². The minimum Gasteiger partial charge on any atom is -0.393 e. The van der Waals surface area contributed by atoms with E-state index in [4.69, 9.17) is 5.11 Å². The van der Waals surface area contributed by atoms with Crippen LogP contribution in [-0.4, -0.2) is 38.7 Å². The van der Waals surface area contributed by atoms with Crippen LogP contribution in [0.3, 0.4) is 0 Å². The molecule has 0 amide bonds. The van der Waals surface area contributed by atoms with Crippen molar-refractivity contribution in [2.75, 3.05) is 18.5 Å². The molecule has 3 N–H and O–H groups in total. The van der Waals surface area contributed by atoms with E-state index < -0.39 is 5.60 Å². The first-order chi connectivity index (χ1) is 7.91. The lowest BCUT2D eigenvalue weighted by Crippen LogP contribution is -2.37. The summed E-state index contributed by atoms with van der Waals surface area (Å²) in [6.07, 6.45) is 1.50. The lowest BCUT2D eigenvalue weighted by Gasteiger charge is -2.21. The third-order valence-corrected chi connectivity index (χ3v) is 3.05. The second-order valence-corrected chi connectivity index (χ2v) is 4.79. The molecule has 0 spiro atoms. The molecule has 0 aromatic carbocycles. The van der Waals surface area contributed by atoms with Crippen molar-refractivity contribution >= 4 is 21.6 Å². The Morgan fingerprint density at radius 3 is 2.82 bits per heavy atom. The molecule has 1 unspecified atom stereocenters. The maximum atomic E-state index is 11.7. The number of halogens is 1. The molecule has 0 radical (unpaired) electrons. The van der Waals surface area contributed by atoms with Crippen molar-refractivity contribution in [2.45, 2.75) is 26.0 Å². The van der Waals surface area contributed by atoms with Crippen LogP contribution < -0.4 is 10.9 Å². The minimum atomic E-state index is -1.24. The van der Waals surface area contributed by atoms with Gasteiger partial charge in [0, 0.05) is 13.1 Å². The monoisotopic (exact) mass is 305 g/mol. The molecule has 1 aromatic heterocycles. The largest absolute Gasteiger partial charge is 0.393 e. The van der Waals surface area contributed by atoms with Crippen molar-refractivity contribution in [1.29, 1.82) is 0 Å². The first-order valence-electron chi connectivity index (χ1n) is 5.24. The topological polar surface area (TPSA) is 87.4 Å². The molecular weight excluding hydrogens is 290 g/mol. The van der Waals surface area contributed by atoms with E-state index in [-0.39, 0.29) is 18.7 Å². The first-order valence-corrected chi connectivity index (χ1v) is 6.03. The fourth-order valence-electron chi connectivity index (χ4n) is 1.16. The van der Waals surface area contributed by atoms with Crippen LogP contribution in [0.4, 0.5) is 5.69 Å². The van der Waals surface area contributed by atoms with Crippen LogP contribution in [0.5, 0.6) is 0 Å². The fraction of sp³-hybridized carbons (Fsp3) is 0.600. The average Bonchev–Trinajstić information content (AvgIpc) is 2.31. The summed E-state index contributed by atoms with van der Waals surface area (Å²) in [4.78, 5) is 11.7. The number of hydrogen-bond acceptors (Lipinski definition) is 5. The second-order valence-electron chi connectivity index (χ2n) is 4.00. The predicted molar refractivity (Wildman–Crippen MR) is 68.1 cm³/mol. The highest BCUT2D eigenvalue weighted by atomic mass is 79.9. The van der Waals surface area contributed by atoms with E-state index in [0.717, 1.165) is 0 Å². The lowest BCUT2D eigenvalue weighted by atomic mass is 10.1. The summed E-state index contributed by atoms with van der Waals surface area (Å²) < 4.78 is 1.68. The van der Waals surface area contributed by atoms with Gasteiger partial charge in [-0.05, 0) is 29.8 Å². The van der Waals surface area contributed by atoms with Crippen molar-refractivity contribution in [3.63, 3.8) is 0 Å². The Balaban J connectivity index is 2.87. The number of aryl methyl sites for hydroxylation is 1. The summed E-state index contributed by atoms with van der Waals surface area (Å²) >= 11 is 3.18. The van der Waals surface area contributed by atoms with Crippen LogP contribution in [0.2, 0.25) is 0 Å². The van der Waals surface area contributed by atoms with E-state index >= 15 is 0 Å². The minimum absolute atomic E-state index is 0.124. The first kappa shape index (κ1) is 14.1. The van der Waals surface area contributed by atoms with Gasteiger partial charge in [-0.2, -0.15) is 5.10 Å². The number of anilines is 1. The van der Waals surface area contributed by atoms with Gasteiger partial charge >= 0.3 is 0 Å². The molecule has 96 valence electrons. The summed E-state index contributed by atoms with van der Waals surface area (Å²) in [5.74, 6) is 0. The van der Waals surface area contributed by atoms with Crippen LogP contribution in [0, 0.1) is 0 Å². The van der Waals surface area contributed by atoms with Gasteiger partial charge in [-0.15, -0.1) is 0 Å². The standard InChI is InChI=1S/C10H16BrN3O3/c1-3-14-9(16)8(11)7(4-13-14)12-5-10(2,17)6-15/h4,12,15,17H,3,5-6H2,1-2H3. The number of nitrogens with zero attached hydrogens (tertiary/aromatic N) is 2. The van der Waals surface area contributed by atoms with E-state index in [2.05, 4.69) is 26.3 Å². The maximum Gasteiger partial charge on any atom is 0.283 e. The lowest BCUT2D eigenvalue weighted by molar-refractivity contribution is 0.0132. The highest BCUT2D eigenvalue weighted by molar-refractivity contribution is 9.10. The highest BCUT2D eigenvalue weighted by Crippen LogP contribution is 2.17. The Labute approximate surface area is 107 Å². The van der Waals surface area contributed by atoms with Gasteiger partial charge in [0.05, 0.1) is 18.5 Å². The van der Waals surface area contributed by atoms with Crippen LogP contribution >= 0.6 is 15.9 Å². The van der Waals surface area contributed by atoms with Gasteiger partial charge in [0.15, 0.2) is 0 Å². The van der Waals surface area contributed by atoms with E-state index in [9.17, 15) is 9.90 Å². The predicted octanol–water partition coefficient (Wildman–Crippen LogP) is 0.181. The highest BCUT2D eigenvalue weighted by Gasteiger charge is 2.19. The summed E-state index contributed by atoms with van der Waals surface area (Å²) in [5, 5.41) is 25.3. The number of aromatic nitrogens is 2. The number of nitrogens with one attached hydrogen (secondary N) is 1. The van der Waals surface area contributed by atoms with Gasteiger partial charge in [0.2, 0.25) is 0 Å². The van der Waals surface area contributed by atoms with E-state index in [1.807, 2.05) is 6.92 Å². The molecule has 1 heterocycles. The van der Waals surface area contributed by atoms with E-state index in [1.165, 1.54) is 17.8 Å². The SMILES string of the molecule is CCn1ncc(NCC(C)(O)CO)c(Br)c1=O. The average molecular weight is 306 g/mol. The molecule has 0 saturated carbocycles. The third-order valence-electron chi connectivity index (χ3n) is 2.28. The van der Waals surface area contributed by atoms with Crippen molar-refractivity contribution in [3.05, 3.63) is 21.0 Å². The molecule has 0 fully saturated rings. The summed E-state index contributed by atoms with van der Waals surface area (Å²) in [7, 11) is 0. The van der Waals surface area contributed by atoms with E-state index in [1.54, 1.807) is 0 Å². The molecule has 0 aliphatic heterocycles. The maximum absolute atomic E-state index is 11.7. The van der Waals surface area contributed by atoms with Crippen molar-refractivity contribution in [2.24, 2.45) is 0 Å². The van der Waals surface area contributed by atoms with Crippen LogP contribution in [0.1, 0.15) is 13.8 Å². The Morgan fingerprint density at radius 2 is 2.29 bits per heavy atom.